The van der Waals surface area contributed by atoms with E-state index in [9.17, 15) is 4.79 Å². The van der Waals surface area contributed by atoms with Crippen molar-refractivity contribution < 1.29 is 4.79 Å². The molecule has 0 fully saturated rings. The van der Waals surface area contributed by atoms with E-state index < -0.39 is 0 Å². The van der Waals surface area contributed by atoms with Crippen molar-refractivity contribution in [2.45, 2.75) is 39.8 Å². The van der Waals surface area contributed by atoms with Crippen LogP contribution in [0.1, 0.15) is 32.8 Å². The highest BCUT2D eigenvalue weighted by Crippen LogP contribution is 2.11. The molecular formula is C16H27N3O. The van der Waals surface area contributed by atoms with E-state index in [4.69, 9.17) is 5.73 Å². The third kappa shape index (κ3) is 5.31. The number of carbonyl (C=O) groups excluding carboxylic acids is 1. The summed E-state index contributed by atoms with van der Waals surface area (Å²) in [4.78, 5) is 14.2. The van der Waals surface area contributed by atoms with Gasteiger partial charge in [-0.25, -0.2) is 0 Å². The fourth-order valence-corrected chi connectivity index (χ4v) is 1.99. The van der Waals surface area contributed by atoms with Gasteiger partial charge in [-0.15, -0.1) is 0 Å². The molecule has 0 aromatic heterocycles. The molecule has 20 heavy (non-hydrogen) atoms. The lowest BCUT2D eigenvalue weighted by molar-refractivity contribution is -0.116. The Kier molecular flexibility index (Phi) is 6.68. The second-order valence-corrected chi connectivity index (χ2v) is 5.67. The predicted octanol–water partition coefficient (Wildman–Crippen LogP) is 2.45. The molecule has 0 aliphatic rings. The zero-order valence-corrected chi connectivity index (χ0v) is 13.0. The van der Waals surface area contributed by atoms with Crippen LogP contribution in [0.25, 0.3) is 0 Å². The Morgan fingerprint density at radius 2 is 2.05 bits per heavy atom. The number of nitrogens with one attached hydrogen (secondary N) is 1. The minimum Gasteiger partial charge on any atom is -0.326 e. The molecule has 0 heterocycles. The first-order valence-corrected chi connectivity index (χ1v) is 7.23. The van der Waals surface area contributed by atoms with Crippen LogP contribution in [-0.4, -0.2) is 30.4 Å². The van der Waals surface area contributed by atoms with E-state index in [0.29, 0.717) is 24.9 Å². The van der Waals surface area contributed by atoms with Crippen LogP contribution in [0.4, 0.5) is 5.69 Å². The van der Waals surface area contributed by atoms with Crippen molar-refractivity contribution in [2.75, 3.05) is 18.9 Å². The van der Waals surface area contributed by atoms with Crippen molar-refractivity contribution in [1.82, 2.24) is 4.90 Å². The number of carbonyl (C=O) groups is 1. The van der Waals surface area contributed by atoms with Crippen LogP contribution in [-0.2, 0) is 11.3 Å². The molecule has 1 amide bonds. The zero-order valence-electron chi connectivity index (χ0n) is 13.0. The number of nitrogens with zero attached hydrogens (tertiary/aromatic N) is 1. The van der Waals surface area contributed by atoms with Crippen molar-refractivity contribution in [2.24, 2.45) is 11.7 Å². The summed E-state index contributed by atoms with van der Waals surface area (Å²) in [5.74, 6) is 0.631. The quantitative estimate of drug-likeness (QED) is 0.805. The highest BCUT2D eigenvalue weighted by Gasteiger charge is 2.14. The fourth-order valence-electron chi connectivity index (χ4n) is 1.99. The first-order valence-electron chi connectivity index (χ1n) is 7.23. The molecule has 0 radical (unpaired) electrons. The van der Waals surface area contributed by atoms with Crippen molar-refractivity contribution in [1.29, 1.82) is 0 Å². The van der Waals surface area contributed by atoms with Gasteiger partial charge in [0.2, 0.25) is 5.91 Å². The van der Waals surface area contributed by atoms with Gasteiger partial charge in [-0.3, -0.25) is 4.79 Å². The molecule has 0 saturated heterocycles. The molecule has 0 aliphatic heterocycles. The average molecular weight is 277 g/mol. The number of benzene rings is 1. The minimum atomic E-state index is 0.0435. The van der Waals surface area contributed by atoms with Gasteiger partial charge in [-0.1, -0.05) is 26.0 Å². The molecule has 1 atom stereocenters. The number of hydrogen-bond acceptors (Lipinski definition) is 3. The molecule has 0 aliphatic carbocycles. The number of rotatable bonds is 7. The van der Waals surface area contributed by atoms with Gasteiger partial charge in [0.25, 0.3) is 0 Å². The molecule has 1 rings (SSSR count). The molecule has 0 spiro atoms. The third-order valence-corrected chi connectivity index (χ3v) is 3.80. The summed E-state index contributed by atoms with van der Waals surface area (Å²) in [6, 6.07) is 8.14. The van der Waals surface area contributed by atoms with E-state index in [0.717, 1.165) is 17.8 Å². The van der Waals surface area contributed by atoms with Gasteiger partial charge in [0.05, 0.1) is 0 Å². The van der Waals surface area contributed by atoms with E-state index >= 15 is 0 Å². The van der Waals surface area contributed by atoms with E-state index in [2.05, 4.69) is 38.0 Å². The summed E-state index contributed by atoms with van der Waals surface area (Å²) in [7, 11) is 2.06. The normalized spacial score (nSPS) is 12.8. The Balaban J connectivity index is 2.43. The van der Waals surface area contributed by atoms with Crippen LogP contribution in [0.2, 0.25) is 0 Å². The largest absolute Gasteiger partial charge is 0.326 e. The molecule has 1 aromatic rings. The molecule has 112 valence electrons. The van der Waals surface area contributed by atoms with Gasteiger partial charge in [-0.05, 0) is 37.6 Å². The highest BCUT2D eigenvalue weighted by molar-refractivity contribution is 5.90. The van der Waals surface area contributed by atoms with Gasteiger partial charge in [0.1, 0.15) is 0 Å². The molecule has 1 aromatic carbocycles. The molecule has 4 heteroatoms. The van der Waals surface area contributed by atoms with Crippen molar-refractivity contribution >= 4 is 11.6 Å². The Morgan fingerprint density at radius 3 is 2.65 bits per heavy atom. The molecular weight excluding hydrogens is 250 g/mol. The standard InChI is InChI=1S/C16H27N3O/c1-12(2)13(3)19(4)9-8-16(20)18-15-7-5-6-14(10-15)11-17/h5-7,10,12-13H,8-9,11,17H2,1-4H3,(H,18,20). The third-order valence-electron chi connectivity index (χ3n) is 3.80. The van der Waals surface area contributed by atoms with Crippen molar-refractivity contribution in [3.05, 3.63) is 29.8 Å². The van der Waals surface area contributed by atoms with Gasteiger partial charge >= 0.3 is 0 Å². The van der Waals surface area contributed by atoms with E-state index in [1.165, 1.54) is 0 Å². The maximum atomic E-state index is 11.9. The number of amides is 1. The average Bonchev–Trinajstić information content (AvgIpc) is 2.43. The van der Waals surface area contributed by atoms with Gasteiger partial charge < -0.3 is 16.0 Å². The number of hydrogen-bond donors (Lipinski definition) is 2. The summed E-state index contributed by atoms with van der Waals surface area (Å²) >= 11 is 0. The number of anilines is 1. The van der Waals surface area contributed by atoms with E-state index in [1.807, 2.05) is 24.3 Å². The first-order chi connectivity index (χ1) is 9.43. The monoisotopic (exact) mass is 277 g/mol. The van der Waals surface area contributed by atoms with Crippen LogP contribution >= 0.6 is 0 Å². The topological polar surface area (TPSA) is 58.4 Å². The first kappa shape index (κ1) is 16.7. The summed E-state index contributed by atoms with van der Waals surface area (Å²) in [5.41, 5.74) is 7.43. The van der Waals surface area contributed by atoms with E-state index in [1.54, 1.807) is 0 Å². The lowest BCUT2D eigenvalue weighted by atomic mass is 10.1. The smallest absolute Gasteiger partial charge is 0.225 e. The highest BCUT2D eigenvalue weighted by atomic mass is 16.1. The fraction of sp³-hybridized carbons (Fsp3) is 0.562. The maximum absolute atomic E-state index is 11.9. The predicted molar refractivity (Wildman–Crippen MR) is 84.5 cm³/mol. The molecule has 0 bridgehead atoms. The Morgan fingerprint density at radius 1 is 1.35 bits per heavy atom. The van der Waals surface area contributed by atoms with Gasteiger partial charge in [0.15, 0.2) is 0 Å². The number of nitrogens with two attached hydrogens (primary N) is 1. The Hall–Kier alpha value is -1.39. The molecule has 0 saturated carbocycles. The lowest BCUT2D eigenvalue weighted by Crippen LogP contribution is -2.35. The molecule has 1 unspecified atom stereocenters. The minimum absolute atomic E-state index is 0.0435. The van der Waals surface area contributed by atoms with Crippen LogP contribution in [0.5, 0.6) is 0 Å². The van der Waals surface area contributed by atoms with Crippen LogP contribution in [0.3, 0.4) is 0 Å². The van der Waals surface area contributed by atoms with Gasteiger partial charge in [0, 0.05) is 31.2 Å². The summed E-state index contributed by atoms with van der Waals surface area (Å²) in [6.07, 6.45) is 0.500. The summed E-state index contributed by atoms with van der Waals surface area (Å²) in [5, 5.41) is 2.92. The van der Waals surface area contributed by atoms with Crippen LogP contribution in [0.15, 0.2) is 24.3 Å². The molecule has 3 N–H and O–H groups in total. The van der Waals surface area contributed by atoms with E-state index in [-0.39, 0.29) is 5.91 Å². The summed E-state index contributed by atoms with van der Waals surface area (Å²) < 4.78 is 0. The van der Waals surface area contributed by atoms with Crippen molar-refractivity contribution in [3.63, 3.8) is 0 Å². The lowest BCUT2D eigenvalue weighted by Gasteiger charge is -2.27. The zero-order chi connectivity index (χ0) is 15.1. The molecule has 4 nitrogen and oxygen atoms in total. The Labute approximate surface area is 122 Å². The second-order valence-electron chi connectivity index (χ2n) is 5.67. The SMILES string of the molecule is CC(C)C(C)N(C)CCC(=O)Nc1cccc(CN)c1. The summed E-state index contributed by atoms with van der Waals surface area (Å²) in [6.45, 7) is 7.83. The van der Waals surface area contributed by atoms with Crippen molar-refractivity contribution in [3.8, 4) is 0 Å². The van der Waals surface area contributed by atoms with Gasteiger partial charge in [-0.2, -0.15) is 0 Å². The maximum Gasteiger partial charge on any atom is 0.225 e. The Bertz CT molecular complexity index is 431. The van der Waals surface area contributed by atoms with Crippen LogP contribution < -0.4 is 11.1 Å². The second kappa shape index (κ2) is 8.02. The van der Waals surface area contributed by atoms with Crippen LogP contribution in [0, 0.1) is 5.92 Å².